The number of aromatic carboxylic acids is 1. The van der Waals surface area contributed by atoms with Gasteiger partial charge in [0.1, 0.15) is 5.01 Å². The molecule has 4 nitrogen and oxygen atoms in total. The van der Waals surface area contributed by atoms with Crippen molar-refractivity contribution in [3.8, 4) is 0 Å². The van der Waals surface area contributed by atoms with Gasteiger partial charge >= 0.3 is 5.97 Å². The minimum Gasteiger partial charge on any atom is -0.478 e. The predicted molar refractivity (Wildman–Crippen MR) is 82.8 cm³/mol. The minimum atomic E-state index is -0.854. The molecule has 5 heteroatoms. The minimum absolute atomic E-state index is 0.379. The monoisotopic (exact) mass is 302 g/mol. The fraction of sp³-hybridized carbons (Fsp3) is 0.375. The molecular formula is C16H18N2O2S. The average molecular weight is 302 g/mol. The number of likely N-dealkylation sites (tertiary alicyclic amines) is 1. The summed E-state index contributed by atoms with van der Waals surface area (Å²) in [6, 6.07) is 7.37. The third kappa shape index (κ3) is 3.49. The molecular weight excluding hydrogens is 284 g/mol. The van der Waals surface area contributed by atoms with Gasteiger partial charge in [-0.05, 0) is 43.0 Å². The first-order chi connectivity index (χ1) is 10.2. The molecule has 0 radical (unpaired) electrons. The van der Waals surface area contributed by atoms with Crippen molar-refractivity contribution in [2.45, 2.75) is 25.3 Å². The van der Waals surface area contributed by atoms with Gasteiger partial charge in [0.15, 0.2) is 0 Å². The number of hydrogen-bond acceptors (Lipinski definition) is 4. The molecule has 0 saturated carbocycles. The molecule has 110 valence electrons. The molecule has 1 fully saturated rings. The second-order valence-electron chi connectivity index (χ2n) is 5.43. The Hall–Kier alpha value is -1.72. The average Bonchev–Trinajstić information content (AvgIpc) is 3.00. The molecule has 1 aromatic heterocycles. The maximum Gasteiger partial charge on any atom is 0.335 e. The van der Waals surface area contributed by atoms with Crippen molar-refractivity contribution in [2.75, 3.05) is 13.1 Å². The number of carboxylic acids is 1. The van der Waals surface area contributed by atoms with Crippen LogP contribution in [0, 0.1) is 0 Å². The first-order valence-electron chi connectivity index (χ1n) is 7.16. The summed E-state index contributed by atoms with van der Waals surface area (Å²) in [7, 11) is 0. The van der Waals surface area contributed by atoms with Gasteiger partial charge in [0.2, 0.25) is 0 Å². The van der Waals surface area contributed by atoms with Crippen LogP contribution in [0.2, 0.25) is 0 Å². The second kappa shape index (κ2) is 6.37. The third-order valence-electron chi connectivity index (χ3n) is 3.95. The summed E-state index contributed by atoms with van der Waals surface area (Å²) in [5, 5.41) is 12.3. The van der Waals surface area contributed by atoms with Crippen molar-refractivity contribution in [3.63, 3.8) is 0 Å². The highest BCUT2D eigenvalue weighted by Crippen LogP contribution is 2.28. The van der Waals surface area contributed by atoms with E-state index >= 15 is 0 Å². The van der Waals surface area contributed by atoms with Crippen LogP contribution in [0.5, 0.6) is 0 Å². The lowest BCUT2D eigenvalue weighted by Crippen LogP contribution is -2.33. The fourth-order valence-electron chi connectivity index (χ4n) is 2.92. The van der Waals surface area contributed by atoms with Crippen LogP contribution in [0.3, 0.4) is 0 Å². The zero-order chi connectivity index (χ0) is 14.7. The summed E-state index contributed by atoms with van der Waals surface area (Å²) in [4.78, 5) is 17.9. The summed E-state index contributed by atoms with van der Waals surface area (Å²) in [6.45, 7) is 2.96. The van der Waals surface area contributed by atoms with E-state index in [0.29, 0.717) is 11.5 Å². The second-order valence-corrected chi connectivity index (χ2v) is 6.41. The lowest BCUT2D eigenvalue weighted by molar-refractivity contribution is 0.0696. The Bertz CT molecular complexity index is 612. The van der Waals surface area contributed by atoms with E-state index in [4.69, 9.17) is 5.11 Å². The Labute approximate surface area is 128 Å². The molecule has 1 aliphatic rings. The van der Waals surface area contributed by atoms with Gasteiger partial charge in [0.25, 0.3) is 0 Å². The van der Waals surface area contributed by atoms with Crippen LogP contribution >= 0.6 is 11.3 Å². The van der Waals surface area contributed by atoms with E-state index in [1.165, 1.54) is 0 Å². The van der Waals surface area contributed by atoms with Gasteiger partial charge in [0.05, 0.1) is 12.1 Å². The number of hydrogen-bond donors (Lipinski definition) is 1. The molecule has 1 N–H and O–H groups in total. The number of benzene rings is 1. The van der Waals surface area contributed by atoms with Gasteiger partial charge in [0, 0.05) is 18.1 Å². The number of thiazole rings is 1. The molecule has 0 bridgehead atoms. The zero-order valence-electron chi connectivity index (χ0n) is 11.7. The van der Waals surface area contributed by atoms with Crippen LogP contribution in [0.15, 0.2) is 35.8 Å². The lowest BCUT2D eigenvalue weighted by Gasteiger charge is -2.32. The van der Waals surface area contributed by atoms with Crippen LogP contribution in [0.25, 0.3) is 0 Å². The topological polar surface area (TPSA) is 53.4 Å². The van der Waals surface area contributed by atoms with E-state index in [0.717, 1.165) is 43.0 Å². The quantitative estimate of drug-likeness (QED) is 0.942. The van der Waals surface area contributed by atoms with E-state index in [2.05, 4.69) is 9.88 Å². The number of carboxylic acid groups (broad SMARTS) is 1. The van der Waals surface area contributed by atoms with Gasteiger partial charge < -0.3 is 5.11 Å². The number of aromatic nitrogens is 1. The van der Waals surface area contributed by atoms with Crippen molar-refractivity contribution in [1.82, 2.24) is 9.88 Å². The highest BCUT2D eigenvalue weighted by Gasteiger charge is 2.22. The smallest absolute Gasteiger partial charge is 0.335 e. The first kappa shape index (κ1) is 14.2. The number of piperidine rings is 1. The zero-order valence-corrected chi connectivity index (χ0v) is 12.6. The molecule has 0 amide bonds. The summed E-state index contributed by atoms with van der Waals surface area (Å²) in [6.07, 6.45) is 4.11. The first-order valence-corrected chi connectivity index (χ1v) is 8.04. The largest absolute Gasteiger partial charge is 0.478 e. The highest BCUT2D eigenvalue weighted by atomic mass is 32.1. The Balaban J connectivity index is 1.70. The Morgan fingerprint density at radius 2 is 2.38 bits per heavy atom. The molecule has 2 heterocycles. The summed E-state index contributed by atoms with van der Waals surface area (Å²) in [5.41, 5.74) is 1.52. The lowest BCUT2D eigenvalue weighted by atomic mass is 9.90. The number of carbonyl (C=O) groups is 1. The van der Waals surface area contributed by atoms with Gasteiger partial charge in [-0.3, -0.25) is 4.90 Å². The molecule has 0 unspecified atom stereocenters. The Morgan fingerprint density at radius 3 is 3.14 bits per heavy atom. The molecule has 0 aliphatic carbocycles. The number of rotatable bonds is 4. The molecule has 1 aliphatic heterocycles. The van der Waals surface area contributed by atoms with E-state index in [9.17, 15) is 4.79 Å². The van der Waals surface area contributed by atoms with Crippen LogP contribution in [-0.2, 0) is 6.54 Å². The van der Waals surface area contributed by atoms with Crippen LogP contribution in [0.4, 0.5) is 0 Å². The summed E-state index contributed by atoms with van der Waals surface area (Å²) < 4.78 is 0. The van der Waals surface area contributed by atoms with Crippen molar-refractivity contribution < 1.29 is 9.90 Å². The van der Waals surface area contributed by atoms with E-state index < -0.39 is 5.97 Å². The standard InChI is InChI=1S/C16H18N2O2S/c19-16(20)13-4-1-3-12(9-13)14-5-2-7-18(10-14)11-15-17-6-8-21-15/h1,3-4,6,8-9,14H,2,5,7,10-11H2,(H,19,20)/t14-/m0/s1. The normalized spacial score (nSPS) is 19.5. The fourth-order valence-corrected chi connectivity index (χ4v) is 3.58. The Kier molecular flexibility index (Phi) is 4.31. The van der Waals surface area contributed by atoms with Gasteiger partial charge in [-0.15, -0.1) is 11.3 Å². The molecule has 21 heavy (non-hydrogen) atoms. The van der Waals surface area contributed by atoms with Crippen LogP contribution in [0.1, 0.15) is 39.7 Å². The molecule has 1 saturated heterocycles. The molecule has 1 atom stereocenters. The molecule has 0 spiro atoms. The summed E-state index contributed by atoms with van der Waals surface area (Å²) >= 11 is 1.69. The van der Waals surface area contributed by atoms with Crippen LogP contribution < -0.4 is 0 Å². The molecule has 2 aromatic rings. The Morgan fingerprint density at radius 1 is 1.48 bits per heavy atom. The third-order valence-corrected chi connectivity index (χ3v) is 4.72. The summed E-state index contributed by atoms with van der Waals surface area (Å²) in [5.74, 6) is -0.440. The van der Waals surface area contributed by atoms with Gasteiger partial charge in [-0.25, -0.2) is 9.78 Å². The van der Waals surface area contributed by atoms with E-state index in [1.54, 1.807) is 17.4 Å². The van der Waals surface area contributed by atoms with Crippen molar-refractivity contribution >= 4 is 17.3 Å². The van der Waals surface area contributed by atoms with E-state index in [-0.39, 0.29) is 0 Å². The number of nitrogens with zero attached hydrogens (tertiary/aromatic N) is 2. The predicted octanol–water partition coefficient (Wildman–Crippen LogP) is 3.22. The van der Waals surface area contributed by atoms with Crippen LogP contribution in [-0.4, -0.2) is 34.0 Å². The van der Waals surface area contributed by atoms with Gasteiger partial charge in [-0.1, -0.05) is 12.1 Å². The highest BCUT2D eigenvalue weighted by molar-refractivity contribution is 7.09. The molecule has 1 aromatic carbocycles. The van der Waals surface area contributed by atoms with Crippen molar-refractivity contribution in [2.24, 2.45) is 0 Å². The SMILES string of the molecule is O=C(O)c1cccc([C@H]2CCCN(Cc3nccs3)C2)c1. The van der Waals surface area contributed by atoms with E-state index in [1.807, 2.05) is 29.8 Å². The van der Waals surface area contributed by atoms with Crippen molar-refractivity contribution in [3.05, 3.63) is 52.0 Å². The van der Waals surface area contributed by atoms with Gasteiger partial charge in [-0.2, -0.15) is 0 Å². The maximum absolute atomic E-state index is 11.1. The van der Waals surface area contributed by atoms with Crippen molar-refractivity contribution in [1.29, 1.82) is 0 Å². The molecule has 3 rings (SSSR count). The maximum atomic E-state index is 11.1.